The smallest absolute Gasteiger partial charge is 0.319 e. The summed E-state index contributed by atoms with van der Waals surface area (Å²) in [6.45, 7) is 6.48. The summed E-state index contributed by atoms with van der Waals surface area (Å²) < 4.78 is 11.3. The van der Waals surface area contributed by atoms with Crippen LogP contribution in [-0.4, -0.2) is 65.3 Å². The van der Waals surface area contributed by atoms with Crippen molar-refractivity contribution in [1.82, 2.24) is 20.2 Å². The summed E-state index contributed by atoms with van der Waals surface area (Å²) in [7, 11) is 0. The van der Waals surface area contributed by atoms with E-state index in [-0.39, 0.29) is 24.9 Å². The molecule has 1 aromatic carbocycles. The van der Waals surface area contributed by atoms with Crippen molar-refractivity contribution in [2.24, 2.45) is 0 Å². The van der Waals surface area contributed by atoms with Crippen molar-refractivity contribution in [3.63, 3.8) is 0 Å². The Morgan fingerprint density at radius 2 is 1.77 bits per heavy atom. The number of urea groups is 1. The average molecular weight is 426 g/mol. The Morgan fingerprint density at radius 1 is 1.06 bits per heavy atom. The van der Waals surface area contributed by atoms with Gasteiger partial charge in [-0.05, 0) is 18.2 Å². The number of anilines is 2. The number of amides is 3. The van der Waals surface area contributed by atoms with E-state index in [1.54, 1.807) is 41.6 Å². The molecule has 10 heteroatoms. The molecule has 1 saturated heterocycles. The number of benzene rings is 1. The number of ether oxygens (including phenoxy) is 2. The Hall–Kier alpha value is -3.56. The number of nitrogens with zero attached hydrogens (tertiary/aromatic N) is 4. The maximum absolute atomic E-state index is 12.4. The van der Waals surface area contributed by atoms with Crippen molar-refractivity contribution in [2.75, 3.05) is 42.9 Å². The second kappa shape index (κ2) is 8.66. The lowest BCUT2D eigenvalue weighted by atomic mass is 10.2. The minimum absolute atomic E-state index is 0.0132. The molecule has 1 fully saturated rings. The number of rotatable bonds is 5. The van der Waals surface area contributed by atoms with E-state index in [1.807, 2.05) is 13.8 Å². The van der Waals surface area contributed by atoms with Crippen molar-refractivity contribution in [2.45, 2.75) is 26.1 Å². The molecule has 2 aliphatic heterocycles. The summed E-state index contributed by atoms with van der Waals surface area (Å²) in [6, 6.07) is 6.61. The predicted octanol–water partition coefficient (Wildman–Crippen LogP) is 1.84. The van der Waals surface area contributed by atoms with E-state index in [1.165, 1.54) is 0 Å². The van der Waals surface area contributed by atoms with Gasteiger partial charge in [-0.1, -0.05) is 0 Å². The summed E-state index contributed by atoms with van der Waals surface area (Å²) in [5.74, 6) is 1.20. The van der Waals surface area contributed by atoms with Gasteiger partial charge in [-0.3, -0.25) is 4.79 Å². The minimum Gasteiger partial charge on any atom is -0.449 e. The van der Waals surface area contributed by atoms with Crippen LogP contribution >= 0.6 is 0 Å². The lowest BCUT2D eigenvalue weighted by Crippen LogP contribution is -2.49. The quantitative estimate of drug-likeness (QED) is 0.751. The van der Waals surface area contributed by atoms with E-state index in [0.717, 1.165) is 0 Å². The van der Waals surface area contributed by atoms with Crippen molar-refractivity contribution in [3.8, 4) is 11.5 Å². The molecule has 164 valence electrons. The molecule has 0 radical (unpaired) electrons. The molecule has 2 N–H and O–H groups in total. The lowest BCUT2D eigenvalue weighted by Gasteiger charge is -2.34. The van der Waals surface area contributed by atoms with Gasteiger partial charge < -0.3 is 29.9 Å². The molecule has 0 bridgehead atoms. The molecule has 2 aliphatic rings. The van der Waals surface area contributed by atoms with Crippen LogP contribution in [0.15, 0.2) is 36.7 Å². The number of nitrogens with one attached hydrogen (secondary N) is 2. The molecular weight excluding hydrogens is 400 g/mol. The van der Waals surface area contributed by atoms with Gasteiger partial charge in [-0.2, -0.15) is 0 Å². The van der Waals surface area contributed by atoms with Crippen LogP contribution in [0.2, 0.25) is 0 Å². The van der Waals surface area contributed by atoms with Crippen LogP contribution in [0.4, 0.5) is 16.4 Å². The van der Waals surface area contributed by atoms with Crippen molar-refractivity contribution in [1.29, 1.82) is 0 Å². The van der Waals surface area contributed by atoms with E-state index in [0.29, 0.717) is 49.3 Å². The van der Waals surface area contributed by atoms with E-state index < -0.39 is 5.79 Å². The number of hydrogen-bond acceptors (Lipinski definition) is 7. The van der Waals surface area contributed by atoms with Gasteiger partial charge in [-0.25, -0.2) is 14.8 Å². The van der Waals surface area contributed by atoms with E-state index in [9.17, 15) is 9.59 Å². The van der Waals surface area contributed by atoms with Gasteiger partial charge in [0.2, 0.25) is 17.6 Å². The van der Waals surface area contributed by atoms with Crippen LogP contribution in [-0.2, 0) is 4.79 Å². The summed E-state index contributed by atoms with van der Waals surface area (Å²) in [6.07, 6.45) is 3.66. The number of fused-ring (bicyclic) bond motifs is 1. The zero-order valence-electron chi connectivity index (χ0n) is 17.6. The first-order valence-corrected chi connectivity index (χ1v) is 10.3. The van der Waals surface area contributed by atoms with Crippen molar-refractivity contribution >= 4 is 23.6 Å². The van der Waals surface area contributed by atoms with Gasteiger partial charge in [0.25, 0.3) is 0 Å². The number of carbonyl (C=O) groups excluding carboxylic acids is 2. The van der Waals surface area contributed by atoms with E-state index >= 15 is 0 Å². The topological polar surface area (TPSA) is 109 Å². The molecule has 4 rings (SSSR count). The average Bonchev–Trinajstić information content (AvgIpc) is 3.07. The van der Waals surface area contributed by atoms with Crippen molar-refractivity contribution < 1.29 is 19.1 Å². The number of aromatic nitrogens is 2. The summed E-state index contributed by atoms with van der Waals surface area (Å²) in [5.41, 5.74) is 0.586. The molecule has 3 amide bonds. The number of piperazine rings is 1. The van der Waals surface area contributed by atoms with Gasteiger partial charge in [0.1, 0.15) is 0 Å². The molecule has 0 unspecified atom stereocenters. The zero-order valence-corrected chi connectivity index (χ0v) is 17.6. The molecule has 0 aliphatic carbocycles. The summed E-state index contributed by atoms with van der Waals surface area (Å²) in [4.78, 5) is 37.0. The molecule has 2 aromatic rings. The highest BCUT2D eigenvalue weighted by atomic mass is 16.7. The molecule has 0 spiro atoms. The Labute approximate surface area is 180 Å². The van der Waals surface area contributed by atoms with Crippen LogP contribution in [0.5, 0.6) is 11.5 Å². The zero-order chi connectivity index (χ0) is 21.8. The van der Waals surface area contributed by atoms with Gasteiger partial charge in [0, 0.05) is 77.1 Å². The Bertz CT molecular complexity index is 944. The lowest BCUT2D eigenvalue weighted by molar-refractivity contribution is -0.131. The standard InChI is InChI=1S/C21H26N6O4/c1-21(2)30-16-5-4-15(14-17(16)31-21)25-20(29)24-9-6-18(28)26-10-12-27(13-11-26)19-22-7-3-8-23-19/h3-5,7-8,14H,6,9-13H2,1-2H3,(H2,24,25,29). The Morgan fingerprint density at radius 3 is 2.52 bits per heavy atom. The van der Waals surface area contributed by atoms with E-state index in [2.05, 4.69) is 25.5 Å². The van der Waals surface area contributed by atoms with Crippen LogP contribution in [0.3, 0.4) is 0 Å². The summed E-state index contributed by atoms with van der Waals surface area (Å²) in [5, 5.41) is 5.46. The number of hydrogen-bond donors (Lipinski definition) is 2. The Balaban J connectivity index is 1.18. The van der Waals surface area contributed by atoms with Crippen LogP contribution < -0.4 is 25.0 Å². The fourth-order valence-corrected chi connectivity index (χ4v) is 3.53. The fraction of sp³-hybridized carbons (Fsp3) is 0.429. The first-order chi connectivity index (χ1) is 14.9. The molecule has 3 heterocycles. The second-order valence-electron chi connectivity index (χ2n) is 7.81. The highest BCUT2D eigenvalue weighted by Gasteiger charge is 2.31. The normalized spacial score (nSPS) is 16.7. The van der Waals surface area contributed by atoms with Crippen LogP contribution in [0.1, 0.15) is 20.3 Å². The molecule has 10 nitrogen and oxygen atoms in total. The fourth-order valence-electron chi connectivity index (χ4n) is 3.53. The van der Waals surface area contributed by atoms with E-state index in [4.69, 9.17) is 9.47 Å². The van der Waals surface area contributed by atoms with Gasteiger partial charge in [0.05, 0.1) is 0 Å². The summed E-state index contributed by atoms with van der Waals surface area (Å²) >= 11 is 0. The third-order valence-corrected chi connectivity index (χ3v) is 5.00. The SMILES string of the molecule is CC1(C)Oc2ccc(NC(=O)NCCC(=O)N3CCN(c4ncccn4)CC3)cc2O1. The predicted molar refractivity (Wildman–Crippen MR) is 114 cm³/mol. The Kier molecular flexibility index (Phi) is 5.79. The molecular formula is C21H26N6O4. The molecule has 0 atom stereocenters. The second-order valence-corrected chi connectivity index (χ2v) is 7.81. The monoisotopic (exact) mass is 426 g/mol. The largest absolute Gasteiger partial charge is 0.449 e. The minimum atomic E-state index is -0.719. The third kappa shape index (κ3) is 5.14. The molecule has 1 aromatic heterocycles. The molecule has 31 heavy (non-hydrogen) atoms. The van der Waals surface area contributed by atoms with Gasteiger partial charge in [-0.15, -0.1) is 0 Å². The maximum atomic E-state index is 12.4. The van der Waals surface area contributed by atoms with Crippen LogP contribution in [0, 0.1) is 0 Å². The maximum Gasteiger partial charge on any atom is 0.319 e. The highest BCUT2D eigenvalue weighted by molar-refractivity contribution is 5.90. The van der Waals surface area contributed by atoms with Crippen LogP contribution in [0.25, 0.3) is 0 Å². The first-order valence-electron chi connectivity index (χ1n) is 10.3. The molecule has 0 saturated carbocycles. The first kappa shape index (κ1) is 20.7. The number of carbonyl (C=O) groups is 2. The van der Waals surface area contributed by atoms with Gasteiger partial charge >= 0.3 is 6.03 Å². The highest BCUT2D eigenvalue weighted by Crippen LogP contribution is 2.40. The van der Waals surface area contributed by atoms with Gasteiger partial charge in [0.15, 0.2) is 11.5 Å². The van der Waals surface area contributed by atoms with Crippen molar-refractivity contribution in [3.05, 3.63) is 36.7 Å². The third-order valence-electron chi connectivity index (χ3n) is 5.00.